The first-order chi connectivity index (χ1) is 7.52. The summed E-state index contributed by atoms with van der Waals surface area (Å²) >= 11 is 0. The average molecular weight is 230 g/mol. The van der Waals surface area contributed by atoms with E-state index in [4.69, 9.17) is 4.74 Å². The van der Waals surface area contributed by atoms with Gasteiger partial charge < -0.3 is 15.0 Å². The Kier molecular flexibility index (Phi) is 7.98. The van der Waals surface area contributed by atoms with Crippen molar-refractivity contribution in [2.45, 2.75) is 52.1 Å². The molecular formula is C13H30N2O. The number of hydrogen-bond donors (Lipinski definition) is 1. The fourth-order valence-corrected chi connectivity index (χ4v) is 1.92. The molecule has 16 heavy (non-hydrogen) atoms. The van der Waals surface area contributed by atoms with Gasteiger partial charge in [0.2, 0.25) is 0 Å². The summed E-state index contributed by atoms with van der Waals surface area (Å²) in [4.78, 5) is 2.30. The Bertz CT molecular complexity index is 173. The van der Waals surface area contributed by atoms with E-state index in [9.17, 15) is 0 Å². The van der Waals surface area contributed by atoms with E-state index in [0.29, 0.717) is 6.04 Å². The van der Waals surface area contributed by atoms with Crippen LogP contribution in [0.1, 0.15) is 40.5 Å². The second-order valence-electron chi connectivity index (χ2n) is 4.79. The molecule has 0 aromatic heterocycles. The minimum atomic E-state index is 0.156. The van der Waals surface area contributed by atoms with Crippen molar-refractivity contribution in [3.05, 3.63) is 0 Å². The summed E-state index contributed by atoms with van der Waals surface area (Å²) in [6.45, 7) is 11.5. The van der Waals surface area contributed by atoms with Crippen molar-refractivity contribution in [1.29, 1.82) is 0 Å². The van der Waals surface area contributed by atoms with Gasteiger partial charge >= 0.3 is 0 Å². The first-order valence-electron chi connectivity index (χ1n) is 6.51. The molecule has 0 rings (SSSR count). The predicted molar refractivity (Wildman–Crippen MR) is 71.0 cm³/mol. The third kappa shape index (κ3) is 4.40. The maximum Gasteiger partial charge on any atom is 0.0637 e. The molecule has 0 radical (unpaired) electrons. The molecule has 1 N–H and O–H groups in total. The Hall–Kier alpha value is -0.120. The zero-order valence-corrected chi connectivity index (χ0v) is 12.0. The van der Waals surface area contributed by atoms with Gasteiger partial charge in [0.1, 0.15) is 0 Å². The molecule has 2 unspecified atom stereocenters. The molecule has 0 amide bonds. The molecule has 0 aliphatic heterocycles. The van der Waals surface area contributed by atoms with Gasteiger partial charge in [-0.3, -0.25) is 0 Å². The van der Waals surface area contributed by atoms with Crippen LogP contribution in [-0.2, 0) is 4.74 Å². The molecule has 3 heteroatoms. The van der Waals surface area contributed by atoms with Crippen LogP contribution in [0.15, 0.2) is 0 Å². The summed E-state index contributed by atoms with van der Waals surface area (Å²) in [7, 11) is 4.29. The number of hydrogen-bond acceptors (Lipinski definition) is 3. The van der Waals surface area contributed by atoms with Crippen LogP contribution in [0.25, 0.3) is 0 Å². The summed E-state index contributed by atoms with van der Waals surface area (Å²) in [5.41, 5.74) is 0.156. The van der Waals surface area contributed by atoms with E-state index < -0.39 is 0 Å². The highest BCUT2D eigenvalue weighted by Crippen LogP contribution is 2.21. The van der Waals surface area contributed by atoms with E-state index in [1.165, 1.54) is 0 Å². The Morgan fingerprint density at radius 2 is 1.88 bits per heavy atom. The summed E-state index contributed by atoms with van der Waals surface area (Å²) in [5.74, 6) is 0. The normalized spacial score (nSPS) is 17.4. The van der Waals surface area contributed by atoms with E-state index in [0.717, 1.165) is 32.6 Å². The number of likely N-dealkylation sites (N-methyl/N-ethyl adjacent to an activating group) is 2. The van der Waals surface area contributed by atoms with Crippen molar-refractivity contribution in [2.75, 3.05) is 33.9 Å². The van der Waals surface area contributed by atoms with Crippen molar-refractivity contribution >= 4 is 0 Å². The van der Waals surface area contributed by atoms with Crippen molar-refractivity contribution in [3.63, 3.8) is 0 Å². The van der Waals surface area contributed by atoms with Crippen LogP contribution in [0.3, 0.4) is 0 Å². The third-order valence-electron chi connectivity index (χ3n) is 3.57. The molecule has 0 aliphatic carbocycles. The van der Waals surface area contributed by atoms with E-state index in [2.05, 4.69) is 52.0 Å². The van der Waals surface area contributed by atoms with Crippen LogP contribution in [0.4, 0.5) is 0 Å². The first-order valence-corrected chi connectivity index (χ1v) is 6.51. The minimum absolute atomic E-state index is 0.156. The monoisotopic (exact) mass is 230 g/mol. The molecule has 0 bridgehead atoms. The summed E-state index contributed by atoms with van der Waals surface area (Å²) in [6.07, 6.45) is 2.21. The third-order valence-corrected chi connectivity index (χ3v) is 3.57. The fraction of sp³-hybridized carbons (Fsp3) is 1.00. The van der Waals surface area contributed by atoms with Gasteiger partial charge in [-0.2, -0.15) is 0 Å². The Labute approximate surface area is 102 Å². The largest absolute Gasteiger partial charge is 0.380 e. The number of ether oxygens (including phenoxy) is 1. The topological polar surface area (TPSA) is 24.5 Å². The second kappa shape index (κ2) is 8.04. The van der Waals surface area contributed by atoms with E-state index in [1.807, 2.05) is 0 Å². The second-order valence-corrected chi connectivity index (χ2v) is 4.79. The van der Waals surface area contributed by atoms with Gasteiger partial charge in [0.15, 0.2) is 0 Å². The highest BCUT2D eigenvalue weighted by atomic mass is 16.5. The molecule has 3 nitrogen and oxygen atoms in total. The van der Waals surface area contributed by atoms with Gasteiger partial charge in [-0.15, -0.1) is 0 Å². The lowest BCUT2D eigenvalue weighted by atomic mass is 9.88. The lowest BCUT2D eigenvalue weighted by molar-refractivity contribution is 0.0378. The van der Waals surface area contributed by atoms with Gasteiger partial charge in [0.05, 0.1) is 6.61 Å². The molecule has 0 aliphatic rings. The quantitative estimate of drug-likeness (QED) is 0.614. The molecule has 2 atom stereocenters. The number of nitrogens with one attached hydrogen (secondary N) is 1. The van der Waals surface area contributed by atoms with Crippen LogP contribution in [-0.4, -0.2) is 50.3 Å². The van der Waals surface area contributed by atoms with Gasteiger partial charge in [-0.05, 0) is 40.4 Å². The van der Waals surface area contributed by atoms with Crippen molar-refractivity contribution in [3.8, 4) is 0 Å². The van der Waals surface area contributed by atoms with Crippen molar-refractivity contribution < 1.29 is 4.74 Å². The van der Waals surface area contributed by atoms with Gasteiger partial charge in [0.25, 0.3) is 0 Å². The molecule has 0 saturated carbocycles. The lowest BCUT2D eigenvalue weighted by Crippen LogP contribution is -2.58. The maximum absolute atomic E-state index is 5.71. The number of nitrogens with zero attached hydrogens (tertiary/aromatic N) is 1. The van der Waals surface area contributed by atoms with E-state index in [-0.39, 0.29) is 5.54 Å². The average Bonchev–Trinajstić information content (AvgIpc) is 2.27. The predicted octanol–water partition coefficient (Wildman–Crippen LogP) is 2.12. The molecule has 0 saturated heterocycles. The lowest BCUT2D eigenvalue weighted by Gasteiger charge is -2.43. The first kappa shape index (κ1) is 15.9. The SMILES string of the molecule is CCCOCC(NCC)C(C)(CC)N(C)C. The fourth-order valence-electron chi connectivity index (χ4n) is 1.92. The smallest absolute Gasteiger partial charge is 0.0637 e. The van der Waals surface area contributed by atoms with Crippen LogP contribution in [0, 0.1) is 0 Å². The maximum atomic E-state index is 5.71. The highest BCUT2D eigenvalue weighted by Gasteiger charge is 2.34. The van der Waals surface area contributed by atoms with Gasteiger partial charge in [0, 0.05) is 18.2 Å². The van der Waals surface area contributed by atoms with Crippen molar-refractivity contribution in [1.82, 2.24) is 10.2 Å². The van der Waals surface area contributed by atoms with Crippen molar-refractivity contribution in [2.24, 2.45) is 0 Å². The molecule has 0 heterocycles. The molecule has 0 spiro atoms. The zero-order valence-electron chi connectivity index (χ0n) is 12.0. The molecule has 0 aromatic carbocycles. The van der Waals surface area contributed by atoms with Crippen LogP contribution < -0.4 is 5.32 Å². The van der Waals surface area contributed by atoms with Crippen LogP contribution in [0.5, 0.6) is 0 Å². The van der Waals surface area contributed by atoms with Gasteiger partial charge in [-0.1, -0.05) is 20.8 Å². The molecule has 0 fully saturated rings. The number of rotatable bonds is 9. The molecule has 0 aromatic rings. The zero-order chi connectivity index (χ0) is 12.6. The Morgan fingerprint density at radius 1 is 1.25 bits per heavy atom. The highest BCUT2D eigenvalue weighted by molar-refractivity contribution is 4.94. The van der Waals surface area contributed by atoms with E-state index in [1.54, 1.807) is 0 Å². The van der Waals surface area contributed by atoms with E-state index >= 15 is 0 Å². The Morgan fingerprint density at radius 3 is 2.25 bits per heavy atom. The summed E-state index contributed by atoms with van der Waals surface area (Å²) in [6, 6.07) is 0.393. The minimum Gasteiger partial charge on any atom is -0.380 e. The van der Waals surface area contributed by atoms with Crippen LogP contribution >= 0.6 is 0 Å². The van der Waals surface area contributed by atoms with Crippen LogP contribution in [0.2, 0.25) is 0 Å². The molecule has 98 valence electrons. The van der Waals surface area contributed by atoms with Gasteiger partial charge in [-0.25, -0.2) is 0 Å². The summed E-state index contributed by atoms with van der Waals surface area (Å²) in [5, 5.41) is 3.55. The summed E-state index contributed by atoms with van der Waals surface area (Å²) < 4.78 is 5.71. The molecular weight excluding hydrogens is 200 g/mol. The Balaban J connectivity index is 4.46. The standard InChI is InChI=1S/C13H30N2O/c1-7-10-16-11-12(14-9-3)13(4,8-2)15(5)6/h12,14H,7-11H2,1-6H3.